The molecule has 1 radical (unpaired) electrons. The highest BCUT2D eigenvalue weighted by Crippen LogP contribution is 2.32. The molecule has 2 rings (SSSR count). The number of carbonyl (C=O) groups is 2. The topological polar surface area (TPSA) is 60.2 Å². The third-order valence-electron chi connectivity index (χ3n) is 2.52. The van der Waals surface area contributed by atoms with Crippen LogP contribution in [-0.4, -0.2) is 12.2 Å². The molecule has 1 aliphatic carbocycles. The predicted molar refractivity (Wildman–Crippen MR) is 51.8 cm³/mol. The van der Waals surface area contributed by atoms with Crippen LogP contribution in [0.1, 0.15) is 27.4 Å². The summed E-state index contributed by atoms with van der Waals surface area (Å²) in [5, 5.41) is 0. The third-order valence-corrected chi connectivity index (χ3v) is 2.52. The first-order valence-electron chi connectivity index (χ1n) is 4.43. The summed E-state index contributed by atoms with van der Waals surface area (Å²) in [7, 11) is 0. The van der Waals surface area contributed by atoms with E-state index in [2.05, 4.69) is 0 Å². The molecule has 0 aliphatic heterocycles. The summed E-state index contributed by atoms with van der Waals surface area (Å²) in [4.78, 5) is 21.6. The number of aldehydes is 1. The molecule has 0 bridgehead atoms. The Morgan fingerprint density at radius 3 is 2.93 bits per heavy atom. The molecule has 3 heteroatoms. The van der Waals surface area contributed by atoms with Crippen molar-refractivity contribution in [1.82, 2.24) is 0 Å². The van der Waals surface area contributed by atoms with Gasteiger partial charge in [0.15, 0.2) is 0 Å². The zero-order valence-corrected chi connectivity index (χ0v) is 7.57. The maximum atomic E-state index is 11.0. The number of primary amides is 1. The minimum atomic E-state index is -0.331. The molecular formula is C11H10NO2. The highest BCUT2D eigenvalue weighted by Gasteiger charge is 2.26. The van der Waals surface area contributed by atoms with Crippen molar-refractivity contribution in [1.29, 1.82) is 0 Å². The Bertz CT molecular complexity index is 398. The molecule has 1 aromatic rings. The Balaban J connectivity index is 2.43. The van der Waals surface area contributed by atoms with Gasteiger partial charge >= 0.3 is 0 Å². The van der Waals surface area contributed by atoms with Crippen molar-refractivity contribution in [3.63, 3.8) is 0 Å². The zero-order chi connectivity index (χ0) is 10.1. The van der Waals surface area contributed by atoms with E-state index in [0.29, 0.717) is 12.0 Å². The summed E-state index contributed by atoms with van der Waals surface area (Å²) in [6.45, 7) is 0. The summed E-state index contributed by atoms with van der Waals surface area (Å²) >= 11 is 0. The van der Waals surface area contributed by atoms with Crippen molar-refractivity contribution in [2.45, 2.75) is 12.3 Å². The fraction of sp³-hybridized carbons (Fsp3) is 0.182. The lowest BCUT2D eigenvalue weighted by molar-refractivity contribution is -0.118. The van der Waals surface area contributed by atoms with E-state index < -0.39 is 0 Å². The Morgan fingerprint density at radius 2 is 2.29 bits per heavy atom. The van der Waals surface area contributed by atoms with Crippen molar-refractivity contribution in [2.75, 3.05) is 0 Å². The summed E-state index contributed by atoms with van der Waals surface area (Å²) in [5.74, 6) is -0.617. The van der Waals surface area contributed by atoms with Gasteiger partial charge in [-0.05, 0) is 30.0 Å². The number of nitrogens with two attached hydrogens (primary N) is 1. The minimum Gasteiger partial charge on any atom is -0.369 e. The van der Waals surface area contributed by atoms with Gasteiger partial charge in [-0.1, -0.05) is 12.1 Å². The van der Waals surface area contributed by atoms with E-state index in [1.54, 1.807) is 12.1 Å². The third kappa shape index (κ3) is 1.31. The van der Waals surface area contributed by atoms with Crippen LogP contribution in [-0.2, 0) is 11.2 Å². The number of benzene rings is 1. The van der Waals surface area contributed by atoms with Gasteiger partial charge in [-0.2, -0.15) is 0 Å². The predicted octanol–water partition coefficient (Wildman–Crippen LogP) is 0.828. The average molecular weight is 188 g/mol. The zero-order valence-electron chi connectivity index (χ0n) is 7.57. The van der Waals surface area contributed by atoms with Gasteiger partial charge in [0.1, 0.15) is 6.29 Å². The molecule has 0 fully saturated rings. The second-order valence-electron chi connectivity index (χ2n) is 3.40. The van der Waals surface area contributed by atoms with Crippen LogP contribution in [0, 0.1) is 6.42 Å². The van der Waals surface area contributed by atoms with Crippen LogP contribution in [0.3, 0.4) is 0 Å². The minimum absolute atomic E-state index is 0.286. The fourth-order valence-corrected chi connectivity index (χ4v) is 1.82. The van der Waals surface area contributed by atoms with Crippen molar-refractivity contribution >= 4 is 12.2 Å². The van der Waals surface area contributed by atoms with E-state index in [-0.39, 0.29) is 11.8 Å². The second kappa shape index (κ2) is 3.25. The maximum Gasteiger partial charge on any atom is 0.225 e. The molecule has 1 amide bonds. The van der Waals surface area contributed by atoms with Gasteiger partial charge in [0.25, 0.3) is 0 Å². The van der Waals surface area contributed by atoms with Gasteiger partial charge in [0.05, 0.1) is 5.92 Å². The molecule has 1 aromatic carbocycles. The average Bonchev–Trinajstić information content (AvgIpc) is 2.59. The molecule has 0 heterocycles. The molecule has 1 atom stereocenters. The van der Waals surface area contributed by atoms with Crippen LogP contribution < -0.4 is 5.73 Å². The molecule has 1 aliphatic rings. The van der Waals surface area contributed by atoms with Gasteiger partial charge in [0.2, 0.25) is 5.91 Å². The first-order chi connectivity index (χ1) is 6.72. The van der Waals surface area contributed by atoms with E-state index in [0.717, 1.165) is 17.4 Å². The lowest BCUT2D eigenvalue weighted by Gasteiger charge is -2.05. The molecule has 0 aromatic heterocycles. The molecule has 0 saturated heterocycles. The maximum absolute atomic E-state index is 11.0. The molecule has 14 heavy (non-hydrogen) atoms. The lowest BCUT2D eigenvalue weighted by Crippen LogP contribution is -2.19. The Kier molecular flexibility index (Phi) is 2.08. The summed E-state index contributed by atoms with van der Waals surface area (Å²) in [6, 6.07) is 5.32. The molecular weight excluding hydrogens is 178 g/mol. The first kappa shape index (κ1) is 8.94. The summed E-state index contributed by atoms with van der Waals surface area (Å²) in [6.07, 6.45) is 3.39. The first-order valence-corrected chi connectivity index (χ1v) is 4.43. The van der Waals surface area contributed by atoms with E-state index in [4.69, 9.17) is 5.73 Å². The number of hydrogen-bond acceptors (Lipinski definition) is 2. The molecule has 3 nitrogen and oxygen atoms in total. The monoisotopic (exact) mass is 188 g/mol. The second-order valence-corrected chi connectivity index (χ2v) is 3.40. The van der Waals surface area contributed by atoms with Crippen molar-refractivity contribution in [3.8, 4) is 0 Å². The fourth-order valence-electron chi connectivity index (χ4n) is 1.82. The van der Waals surface area contributed by atoms with Gasteiger partial charge in [-0.15, -0.1) is 0 Å². The Labute approximate surface area is 81.9 Å². The number of rotatable bonds is 2. The molecule has 0 unspecified atom stereocenters. The highest BCUT2D eigenvalue weighted by atomic mass is 16.1. The molecule has 2 N–H and O–H groups in total. The Morgan fingerprint density at radius 1 is 1.50 bits per heavy atom. The standard InChI is InChI=1S/C11H10NO2/c12-11(14)10-4-2-8-5-7(6-13)1-3-9(8)10/h1,3-6,10H,2H2,(H2,12,14)/t10-/m1/s1. The van der Waals surface area contributed by atoms with Gasteiger partial charge in [-0.25, -0.2) is 0 Å². The van der Waals surface area contributed by atoms with Gasteiger partial charge in [-0.3, -0.25) is 9.59 Å². The van der Waals surface area contributed by atoms with Crippen LogP contribution in [0.4, 0.5) is 0 Å². The molecule has 0 spiro atoms. The number of hydrogen-bond donors (Lipinski definition) is 1. The van der Waals surface area contributed by atoms with Crippen LogP contribution in [0.15, 0.2) is 18.2 Å². The van der Waals surface area contributed by atoms with Crippen molar-refractivity contribution < 1.29 is 9.59 Å². The van der Waals surface area contributed by atoms with Crippen LogP contribution >= 0.6 is 0 Å². The van der Waals surface area contributed by atoms with Crippen molar-refractivity contribution in [2.24, 2.45) is 5.73 Å². The van der Waals surface area contributed by atoms with Gasteiger partial charge < -0.3 is 5.73 Å². The highest BCUT2D eigenvalue weighted by molar-refractivity contribution is 5.86. The largest absolute Gasteiger partial charge is 0.369 e. The number of carbonyl (C=O) groups excluding carboxylic acids is 2. The van der Waals surface area contributed by atoms with E-state index in [1.165, 1.54) is 0 Å². The van der Waals surface area contributed by atoms with E-state index in [1.807, 2.05) is 12.5 Å². The van der Waals surface area contributed by atoms with Crippen LogP contribution in [0.2, 0.25) is 0 Å². The van der Waals surface area contributed by atoms with Crippen molar-refractivity contribution in [3.05, 3.63) is 41.3 Å². The Hall–Kier alpha value is -1.64. The normalized spacial score (nSPS) is 19.0. The smallest absolute Gasteiger partial charge is 0.225 e. The van der Waals surface area contributed by atoms with E-state index >= 15 is 0 Å². The number of amides is 1. The SMILES string of the molecule is NC(=O)[C@@H]1[CH]Cc2cc(C=O)ccc21. The van der Waals surface area contributed by atoms with Gasteiger partial charge in [0, 0.05) is 5.56 Å². The van der Waals surface area contributed by atoms with Crippen LogP contribution in [0.25, 0.3) is 0 Å². The molecule has 71 valence electrons. The van der Waals surface area contributed by atoms with Crippen LogP contribution in [0.5, 0.6) is 0 Å². The molecule has 0 saturated carbocycles. The summed E-state index contributed by atoms with van der Waals surface area (Å²) < 4.78 is 0. The number of fused-ring (bicyclic) bond motifs is 1. The summed E-state index contributed by atoms with van der Waals surface area (Å²) in [5.41, 5.74) is 7.84. The lowest BCUT2D eigenvalue weighted by atomic mass is 10.00. The van der Waals surface area contributed by atoms with E-state index in [9.17, 15) is 9.59 Å². The quantitative estimate of drug-likeness (QED) is 0.699.